The SMILES string of the molecule is C=C1N=C(c2ccc3c(c2C)CC[C@@H]3NC(=O)c2cc(C(=O)NCc3ccc4c(c3)CN(c3c(N)c(=O)c3=O)CCC4)ncn2)NO1. The number of aliphatic imine (C=N–C) groups is 1. The molecule has 0 fully saturated rings. The lowest BCUT2D eigenvalue weighted by atomic mass is 9.97. The number of aryl methyl sites for hydroxylation is 1. The monoisotopic (exact) mass is 632 g/mol. The minimum atomic E-state index is -0.629. The van der Waals surface area contributed by atoms with Crippen LogP contribution in [0.3, 0.4) is 0 Å². The third-order valence-corrected chi connectivity index (χ3v) is 9.08. The molecule has 1 atom stereocenters. The van der Waals surface area contributed by atoms with Crippen molar-refractivity contribution in [2.24, 2.45) is 4.99 Å². The second-order valence-corrected chi connectivity index (χ2v) is 11.9. The van der Waals surface area contributed by atoms with Gasteiger partial charge in [0, 0.05) is 31.3 Å². The molecular formula is C34H32N8O5. The van der Waals surface area contributed by atoms with E-state index in [0.717, 1.165) is 64.6 Å². The van der Waals surface area contributed by atoms with Crippen molar-refractivity contribution in [1.29, 1.82) is 0 Å². The summed E-state index contributed by atoms with van der Waals surface area (Å²) in [6, 6.07) is 11.1. The van der Waals surface area contributed by atoms with Crippen molar-refractivity contribution in [3.8, 4) is 0 Å². The highest BCUT2D eigenvalue weighted by atomic mass is 16.7. The van der Waals surface area contributed by atoms with E-state index >= 15 is 0 Å². The summed E-state index contributed by atoms with van der Waals surface area (Å²) in [7, 11) is 0. The van der Waals surface area contributed by atoms with Gasteiger partial charge in [0.25, 0.3) is 22.7 Å². The van der Waals surface area contributed by atoms with Crippen molar-refractivity contribution in [3.05, 3.63) is 126 Å². The summed E-state index contributed by atoms with van der Waals surface area (Å²) in [6.45, 7) is 7.01. The molecule has 3 heterocycles. The van der Waals surface area contributed by atoms with Gasteiger partial charge in [-0.3, -0.25) is 19.2 Å². The van der Waals surface area contributed by atoms with E-state index in [4.69, 9.17) is 10.6 Å². The lowest BCUT2D eigenvalue weighted by Crippen LogP contribution is -2.42. The molecule has 2 amide bonds. The number of nitrogens with zero attached hydrogens (tertiary/aromatic N) is 4. The Morgan fingerprint density at radius 1 is 1.06 bits per heavy atom. The predicted molar refractivity (Wildman–Crippen MR) is 174 cm³/mol. The molecule has 2 aliphatic heterocycles. The van der Waals surface area contributed by atoms with Crippen LogP contribution in [-0.2, 0) is 30.8 Å². The molecular weight excluding hydrogens is 600 g/mol. The number of benzene rings is 2. The number of rotatable bonds is 7. The van der Waals surface area contributed by atoms with Gasteiger partial charge in [0.1, 0.15) is 29.1 Å². The van der Waals surface area contributed by atoms with E-state index < -0.39 is 22.7 Å². The largest absolute Gasteiger partial charge is 0.394 e. The fraction of sp³-hybridized carbons (Fsp3) is 0.265. The number of hydrogen-bond acceptors (Lipinski definition) is 11. The molecule has 0 saturated heterocycles. The first-order valence-electron chi connectivity index (χ1n) is 15.4. The third-order valence-electron chi connectivity index (χ3n) is 9.08. The molecule has 0 unspecified atom stereocenters. The van der Waals surface area contributed by atoms with Gasteiger partial charge in [0.05, 0.1) is 6.04 Å². The molecule has 238 valence electrons. The van der Waals surface area contributed by atoms with E-state index in [-0.39, 0.29) is 29.7 Å². The highest BCUT2D eigenvalue weighted by Crippen LogP contribution is 2.35. The smallest absolute Gasteiger partial charge is 0.270 e. The molecule has 0 spiro atoms. The Bertz CT molecular complexity index is 2080. The molecule has 3 aromatic carbocycles. The number of fused-ring (bicyclic) bond motifs is 2. The number of nitrogen functional groups attached to an aromatic ring is 1. The molecule has 47 heavy (non-hydrogen) atoms. The van der Waals surface area contributed by atoms with Gasteiger partial charge < -0.3 is 26.1 Å². The van der Waals surface area contributed by atoms with Crippen LogP contribution in [0.1, 0.15) is 78.8 Å². The number of amidine groups is 1. The number of hydroxylamine groups is 1. The maximum atomic E-state index is 13.2. The van der Waals surface area contributed by atoms with Gasteiger partial charge >= 0.3 is 0 Å². The van der Waals surface area contributed by atoms with E-state index in [2.05, 4.69) is 37.7 Å². The summed E-state index contributed by atoms with van der Waals surface area (Å²) in [5.41, 5.74) is 15.1. The molecule has 0 saturated carbocycles. The van der Waals surface area contributed by atoms with Gasteiger partial charge in [-0.1, -0.05) is 30.3 Å². The summed E-state index contributed by atoms with van der Waals surface area (Å²) in [4.78, 5) is 69.6. The van der Waals surface area contributed by atoms with Gasteiger partial charge in [-0.2, -0.15) is 4.99 Å². The summed E-state index contributed by atoms with van der Waals surface area (Å²) in [5.74, 6) is 0.0634. The second-order valence-electron chi connectivity index (χ2n) is 11.9. The zero-order valence-corrected chi connectivity index (χ0v) is 25.7. The Balaban J connectivity index is 0.997. The topological polar surface area (TPSA) is 181 Å². The van der Waals surface area contributed by atoms with Crippen molar-refractivity contribution >= 4 is 29.0 Å². The summed E-state index contributed by atoms with van der Waals surface area (Å²) >= 11 is 0. The minimum Gasteiger partial charge on any atom is -0.394 e. The van der Waals surface area contributed by atoms with Crippen LogP contribution in [-0.4, -0.2) is 34.2 Å². The Labute approximate surface area is 269 Å². The number of nitrogens with one attached hydrogen (secondary N) is 3. The van der Waals surface area contributed by atoms with Crippen molar-refractivity contribution < 1.29 is 14.4 Å². The lowest BCUT2D eigenvalue weighted by Gasteiger charge is -2.25. The summed E-state index contributed by atoms with van der Waals surface area (Å²) in [5, 5.41) is 5.93. The van der Waals surface area contributed by atoms with Crippen molar-refractivity contribution in [2.75, 3.05) is 17.2 Å². The molecule has 7 rings (SSSR count). The Morgan fingerprint density at radius 3 is 2.64 bits per heavy atom. The molecule has 4 aromatic rings. The third kappa shape index (κ3) is 5.49. The minimum absolute atomic E-state index is 0.0211. The van der Waals surface area contributed by atoms with Crippen LogP contribution in [0.25, 0.3) is 0 Å². The van der Waals surface area contributed by atoms with Gasteiger partial charge in [-0.15, -0.1) is 0 Å². The molecule has 0 radical (unpaired) electrons. The molecule has 1 aromatic heterocycles. The van der Waals surface area contributed by atoms with Crippen molar-refractivity contribution in [3.63, 3.8) is 0 Å². The fourth-order valence-corrected chi connectivity index (χ4v) is 6.62. The van der Waals surface area contributed by atoms with Crippen LogP contribution >= 0.6 is 0 Å². The number of nitrogens with two attached hydrogens (primary N) is 1. The Morgan fingerprint density at radius 2 is 1.87 bits per heavy atom. The van der Waals surface area contributed by atoms with Gasteiger partial charge in [0.2, 0.25) is 5.88 Å². The molecule has 13 heteroatoms. The predicted octanol–water partition coefficient (Wildman–Crippen LogP) is 2.02. The van der Waals surface area contributed by atoms with Gasteiger partial charge in [0.15, 0.2) is 5.84 Å². The Kier molecular flexibility index (Phi) is 7.51. The molecule has 3 aliphatic rings. The van der Waals surface area contributed by atoms with E-state index in [1.54, 1.807) is 0 Å². The first-order chi connectivity index (χ1) is 22.7. The first-order valence-corrected chi connectivity index (χ1v) is 15.4. The standard InChI is InChI=1S/C34H32N8O5/c1-17-22-9-10-25(24(22)8-7-23(17)32-39-18(2)47-41-32)40-34(46)27-13-26(37-16-38-27)33(45)36-14-19-5-6-20-4-3-11-42(15-21(20)12-19)29-28(35)30(43)31(29)44/h5-8,12-13,16,25H,2-4,9-11,14-15,35H2,1H3,(H,36,45)(H,39,41)(H,40,46)/t25-/m0/s1. The number of anilines is 2. The highest BCUT2D eigenvalue weighted by molar-refractivity contribution is 6.01. The maximum absolute atomic E-state index is 13.2. The van der Waals surface area contributed by atoms with Crippen LogP contribution in [0.15, 0.2) is 69.8 Å². The van der Waals surface area contributed by atoms with Crippen LogP contribution < -0.4 is 37.6 Å². The van der Waals surface area contributed by atoms with E-state index in [1.165, 1.54) is 12.4 Å². The van der Waals surface area contributed by atoms with Crippen LogP contribution in [0.5, 0.6) is 0 Å². The average Bonchev–Trinajstić information content (AvgIpc) is 3.64. The van der Waals surface area contributed by atoms with E-state index in [1.807, 2.05) is 42.2 Å². The van der Waals surface area contributed by atoms with E-state index in [9.17, 15) is 19.2 Å². The zero-order valence-electron chi connectivity index (χ0n) is 25.7. The quantitative estimate of drug-likeness (QED) is 0.220. The summed E-state index contributed by atoms with van der Waals surface area (Å²) < 4.78 is 0. The van der Waals surface area contributed by atoms with Crippen molar-refractivity contribution in [1.82, 2.24) is 26.1 Å². The molecule has 1 aliphatic carbocycles. The number of carbonyl (C=O) groups is 2. The lowest BCUT2D eigenvalue weighted by molar-refractivity contribution is 0.0931. The number of hydrogen-bond donors (Lipinski definition) is 4. The molecule has 13 nitrogen and oxygen atoms in total. The highest BCUT2D eigenvalue weighted by Gasteiger charge is 2.29. The Hall–Kier alpha value is -5.85. The number of aromatic nitrogens is 2. The summed E-state index contributed by atoms with van der Waals surface area (Å²) in [6.07, 6.45) is 4.37. The van der Waals surface area contributed by atoms with Crippen LogP contribution in [0.2, 0.25) is 0 Å². The first kappa shape index (κ1) is 29.8. The van der Waals surface area contributed by atoms with Crippen LogP contribution in [0.4, 0.5) is 11.4 Å². The maximum Gasteiger partial charge on any atom is 0.270 e. The fourth-order valence-electron chi connectivity index (χ4n) is 6.62. The second kappa shape index (κ2) is 11.8. The number of carbonyl (C=O) groups excluding carboxylic acids is 2. The average molecular weight is 633 g/mol. The number of amides is 2. The van der Waals surface area contributed by atoms with Crippen LogP contribution in [0, 0.1) is 6.92 Å². The van der Waals surface area contributed by atoms with Gasteiger partial charge in [-0.05, 0) is 72.6 Å². The molecule has 0 bridgehead atoms. The molecule has 5 N–H and O–H groups in total. The normalized spacial score (nSPS) is 16.9. The van der Waals surface area contributed by atoms with E-state index in [0.29, 0.717) is 30.5 Å². The van der Waals surface area contributed by atoms with Gasteiger partial charge in [-0.25, -0.2) is 15.4 Å². The zero-order chi connectivity index (χ0) is 32.8. The van der Waals surface area contributed by atoms with Crippen molar-refractivity contribution in [2.45, 2.75) is 51.7 Å².